The van der Waals surface area contributed by atoms with Crippen LogP contribution in [0.1, 0.15) is 13.8 Å². The van der Waals surface area contributed by atoms with E-state index in [0.29, 0.717) is 6.10 Å². The molecule has 0 aliphatic heterocycles. The fourth-order valence-corrected chi connectivity index (χ4v) is 3.81. The van der Waals surface area contributed by atoms with Crippen LogP contribution in [0.25, 0.3) is 0 Å². The average molecular weight is 194 g/mol. The van der Waals surface area contributed by atoms with Gasteiger partial charge in [-0.25, -0.2) is 0 Å². The Morgan fingerprint density at radius 2 is 1.62 bits per heavy atom. The second-order valence-electron chi connectivity index (χ2n) is 4.04. The molecule has 0 radical (unpaired) electrons. The molecule has 72 valence electrons. The molecule has 1 aromatic carbocycles. The maximum Gasteiger partial charge on any atom is 0.218 e. The van der Waals surface area contributed by atoms with E-state index in [1.807, 2.05) is 6.07 Å². The minimum atomic E-state index is -1.64. The molecule has 0 amide bonds. The van der Waals surface area contributed by atoms with E-state index in [4.69, 9.17) is 4.43 Å². The van der Waals surface area contributed by atoms with Gasteiger partial charge in [-0.1, -0.05) is 30.3 Å². The van der Waals surface area contributed by atoms with E-state index < -0.39 is 8.32 Å². The maximum absolute atomic E-state index is 5.96. The molecule has 0 heterocycles. The molecule has 0 fully saturated rings. The fraction of sp³-hybridized carbons (Fsp3) is 0.455. The largest absolute Gasteiger partial charge is 0.411 e. The summed E-state index contributed by atoms with van der Waals surface area (Å²) in [4.78, 5) is 0. The molecule has 0 bridgehead atoms. The number of hydrogen-bond donors (Lipinski definition) is 0. The predicted molar refractivity (Wildman–Crippen MR) is 59.8 cm³/mol. The molecule has 0 aliphatic carbocycles. The topological polar surface area (TPSA) is 9.23 Å². The van der Waals surface area contributed by atoms with Crippen LogP contribution in [0, 0.1) is 0 Å². The molecule has 0 atom stereocenters. The lowest BCUT2D eigenvalue weighted by atomic mass is 10.4. The average Bonchev–Trinajstić information content (AvgIpc) is 2.04. The molecule has 0 saturated heterocycles. The lowest BCUT2D eigenvalue weighted by molar-refractivity contribution is 0.238. The second kappa shape index (κ2) is 4.07. The van der Waals surface area contributed by atoms with Gasteiger partial charge in [-0.05, 0) is 32.1 Å². The summed E-state index contributed by atoms with van der Waals surface area (Å²) in [5.41, 5.74) is 0. The molecule has 0 aliphatic rings. The van der Waals surface area contributed by atoms with Gasteiger partial charge in [0, 0.05) is 6.10 Å². The van der Waals surface area contributed by atoms with Crippen molar-refractivity contribution in [3.63, 3.8) is 0 Å². The summed E-state index contributed by atoms with van der Waals surface area (Å²) in [5.74, 6) is 0. The van der Waals surface area contributed by atoms with Gasteiger partial charge in [0.15, 0.2) is 0 Å². The normalized spacial score (nSPS) is 12.1. The van der Waals surface area contributed by atoms with Crippen molar-refractivity contribution in [3.05, 3.63) is 30.3 Å². The highest BCUT2D eigenvalue weighted by Crippen LogP contribution is 2.07. The molecule has 1 aromatic rings. The first-order chi connectivity index (χ1) is 6.02. The van der Waals surface area contributed by atoms with Gasteiger partial charge in [-0.3, -0.25) is 0 Å². The monoisotopic (exact) mass is 194 g/mol. The Labute approximate surface area is 81.9 Å². The fourth-order valence-electron chi connectivity index (χ4n) is 1.50. The third-order valence-corrected chi connectivity index (χ3v) is 4.78. The van der Waals surface area contributed by atoms with Gasteiger partial charge in [0.25, 0.3) is 0 Å². The molecule has 0 N–H and O–H groups in total. The molecule has 2 heteroatoms. The SMILES string of the molecule is CC(C)O[Si](C)(C)c1ccccc1. The van der Waals surface area contributed by atoms with Crippen LogP contribution in [0.15, 0.2) is 30.3 Å². The third-order valence-electron chi connectivity index (χ3n) is 2.00. The van der Waals surface area contributed by atoms with Crippen LogP contribution in [0.2, 0.25) is 13.1 Å². The Balaban J connectivity index is 2.81. The van der Waals surface area contributed by atoms with Crippen molar-refractivity contribution in [1.82, 2.24) is 0 Å². The molecular weight excluding hydrogens is 176 g/mol. The van der Waals surface area contributed by atoms with Gasteiger partial charge < -0.3 is 4.43 Å². The zero-order chi connectivity index (χ0) is 9.90. The number of hydrogen-bond acceptors (Lipinski definition) is 1. The number of benzene rings is 1. The highest BCUT2D eigenvalue weighted by atomic mass is 28.4. The highest BCUT2D eigenvalue weighted by Gasteiger charge is 2.25. The van der Waals surface area contributed by atoms with E-state index in [9.17, 15) is 0 Å². The van der Waals surface area contributed by atoms with E-state index in [0.717, 1.165) is 0 Å². The van der Waals surface area contributed by atoms with Crippen LogP contribution >= 0.6 is 0 Å². The predicted octanol–water partition coefficient (Wildman–Crippen LogP) is 2.52. The van der Waals surface area contributed by atoms with Crippen molar-refractivity contribution in [2.24, 2.45) is 0 Å². The molecule has 1 nitrogen and oxygen atoms in total. The molecular formula is C11H18OSi. The second-order valence-corrected chi connectivity index (χ2v) is 7.88. The van der Waals surface area contributed by atoms with E-state index >= 15 is 0 Å². The first kappa shape index (κ1) is 10.5. The van der Waals surface area contributed by atoms with E-state index in [2.05, 4.69) is 51.2 Å². The van der Waals surface area contributed by atoms with Crippen LogP contribution < -0.4 is 5.19 Å². The Morgan fingerprint density at radius 1 is 1.08 bits per heavy atom. The van der Waals surface area contributed by atoms with Crippen molar-refractivity contribution >= 4 is 13.5 Å². The number of rotatable bonds is 3. The highest BCUT2D eigenvalue weighted by molar-refractivity contribution is 6.84. The summed E-state index contributed by atoms with van der Waals surface area (Å²) in [6.07, 6.45) is 0.321. The van der Waals surface area contributed by atoms with Crippen LogP contribution in [0.4, 0.5) is 0 Å². The van der Waals surface area contributed by atoms with Crippen molar-refractivity contribution in [2.75, 3.05) is 0 Å². The van der Waals surface area contributed by atoms with E-state index in [1.54, 1.807) is 0 Å². The third kappa shape index (κ3) is 2.97. The van der Waals surface area contributed by atoms with Crippen molar-refractivity contribution < 1.29 is 4.43 Å². The van der Waals surface area contributed by atoms with Gasteiger partial charge in [-0.15, -0.1) is 0 Å². The van der Waals surface area contributed by atoms with Crippen LogP contribution in [0.5, 0.6) is 0 Å². The summed E-state index contributed by atoms with van der Waals surface area (Å²) < 4.78 is 5.96. The maximum atomic E-state index is 5.96. The first-order valence-electron chi connectivity index (χ1n) is 4.76. The van der Waals surface area contributed by atoms with Crippen molar-refractivity contribution in [2.45, 2.75) is 33.0 Å². The van der Waals surface area contributed by atoms with Crippen LogP contribution in [-0.4, -0.2) is 14.4 Å². The van der Waals surface area contributed by atoms with E-state index in [1.165, 1.54) is 5.19 Å². The first-order valence-corrected chi connectivity index (χ1v) is 7.66. The molecule has 0 unspecified atom stereocenters. The molecule has 13 heavy (non-hydrogen) atoms. The van der Waals surface area contributed by atoms with Crippen molar-refractivity contribution in [1.29, 1.82) is 0 Å². The summed E-state index contributed by atoms with van der Waals surface area (Å²) in [6, 6.07) is 10.5. The zero-order valence-corrected chi connectivity index (χ0v) is 9.87. The quantitative estimate of drug-likeness (QED) is 0.672. The minimum absolute atomic E-state index is 0.321. The lowest BCUT2D eigenvalue weighted by Crippen LogP contribution is -2.46. The van der Waals surface area contributed by atoms with Crippen molar-refractivity contribution in [3.8, 4) is 0 Å². The summed E-state index contributed by atoms with van der Waals surface area (Å²) in [7, 11) is -1.64. The molecule has 0 spiro atoms. The van der Waals surface area contributed by atoms with Crippen LogP contribution in [-0.2, 0) is 4.43 Å². The van der Waals surface area contributed by atoms with Gasteiger partial charge in [0.1, 0.15) is 0 Å². The summed E-state index contributed by atoms with van der Waals surface area (Å²) >= 11 is 0. The van der Waals surface area contributed by atoms with Gasteiger partial charge in [0.05, 0.1) is 0 Å². The van der Waals surface area contributed by atoms with Crippen LogP contribution in [0.3, 0.4) is 0 Å². The zero-order valence-electron chi connectivity index (χ0n) is 8.87. The molecule has 0 aromatic heterocycles. The summed E-state index contributed by atoms with van der Waals surface area (Å²) in [5, 5.41) is 1.36. The Hall–Kier alpha value is -0.603. The lowest BCUT2D eigenvalue weighted by Gasteiger charge is -2.25. The Morgan fingerprint density at radius 3 is 2.08 bits per heavy atom. The Kier molecular flexibility index (Phi) is 3.28. The summed E-state index contributed by atoms with van der Waals surface area (Å²) in [6.45, 7) is 8.67. The van der Waals surface area contributed by atoms with Gasteiger partial charge in [-0.2, -0.15) is 0 Å². The Bertz CT molecular complexity index is 254. The van der Waals surface area contributed by atoms with E-state index in [-0.39, 0.29) is 0 Å². The molecule has 1 rings (SSSR count). The molecule has 0 saturated carbocycles. The standard InChI is InChI=1S/C11H18OSi/c1-10(2)12-13(3,4)11-8-6-5-7-9-11/h5-10H,1-4H3. The minimum Gasteiger partial charge on any atom is -0.411 e. The smallest absolute Gasteiger partial charge is 0.218 e. The van der Waals surface area contributed by atoms with Gasteiger partial charge >= 0.3 is 0 Å². The van der Waals surface area contributed by atoms with Gasteiger partial charge in [0.2, 0.25) is 8.32 Å².